The highest BCUT2D eigenvalue weighted by molar-refractivity contribution is 6.19. The van der Waals surface area contributed by atoms with Crippen LogP contribution in [0.4, 0.5) is 0 Å². The Hall–Kier alpha value is -6.12. The monoisotopic (exact) mass is 585 g/mol. The second-order valence-electron chi connectivity index (χ2n) is 12.1. The molecule has 1 aromatic heterocycles. The highest BCUT2D eigenvalue weighted by Crippen LogP contribution is 2.48. The van der Waals surface area contributed by atoms with E-state index in [1.165, 1.54) is 76.9 Å². The van der Waals surface area contributed by atoms with Gasteiger partial charge in [-0.2, -0.15) is 0 Å². The molecule has 0 atom stereocenters. The average molecular weight is 586 g/mol. The Morgan fingerprint density at radius 2 is 1.15 bits per heavy atom. The first kappa shape index (κ1) is 25.2. The van der Waals surface area contributed by atoms with E-state index in [1.807, 2.05) is 12.1 Å². The van der Waals surface area contributed by atoms with Gasteiger partial charge in [0.1, 0.15) is 11.5 Å². The van der Waals surface area contributed by atoms with Gasteiger partial charge in [0, 0.05) is 32.8 Å². The molecule has 0 fully saturated rings. The highest BCUT2D eigenvalue weighted by Gasteiger charge is 2.21. The van der Waals surface area contributed by atoms with Crippen LogP contribution in [0.5, 0.6) is 11.5 Å². The Morgan fingerprint density at radius 1 is 0.391 bits per heavy atom. The van der Waals surface area contributed by atoms with Crippen molar-refractivity contribution in [2.75, 3.05) is 0 Å². The standard InChI is InChI=1S/C44H27NO/c1-2-13-32(14-3-1)45-40-24-21-30(27-39(40)38-22-20-28-10-4-5-15-34(28)44(38)45)29-11-8-12-31(26-29)33-23-25-42-43-36(33)17-9-18-37(43)35-16-6-7-19-41(35)46-42/h1-27H. The first-order chi connectivity index (χ1) is 22.8. The zero-order valence-corrected chi connectivity index (χ0v) is 24.9. The van der Waals surface area contributed by atoms with Gasteiger partial charge in [0.15, 0.2) is 0 Å². The van der Waals surface area contributed by atoms with E-state index in [1.54, 1.807) is 0 Å². The molecular weight excluding hydrogens is 558 g/mol. The number of aromatic nitrogens is 1. The van der Waals surface area contributed by atoms with Crippen molar-refractivity contribution in [3.05, 3.63) is 164 Å². The summed E-state index contributed by atoms with van der Waals surface area (Å²) in [4.78, 5) is 0. The minimum Gasteiger partial charge on any atom is -0.456 e. The van der Waals surface area contributed by atoms with Crippen molar-refractivity contribution in [3.8, 4) is 50.6 Å². The molecule has 0 N–H and O–H groups in total. The molecule has 9 aromatic rings. The number of hydrogen-bond acceptors (Lipinski definition) is 1. The molecule has 2 heteroatoms. The van der Waals surface area contributed by atoms with Crippen molar-refractivity contribution in [2.45, 2.75) is 0 Å². The summed E-state index contributed by atoms with van der Waals surface area (Å²) in [6.45, 7) is 0. The lowest BCUT2D eigenvalue weighted by Crippen LogP contribution is -1.97. The third kappa shape index (κ3) is 3.65. The summed E-state index contributed by atoms with van der Waals surface area (Å²) in [6, 6.07) is 59.0. The zero-order chi connectivity index (χ0) is 30.2. The number of ether oxygens (including phenoxy) is 1. The second-order valence-corrected chi connectivity index (χ2v) is 12.1. The fourth-order valence-corrected chi connectivity index (χ4v) is 7.50. The van der Waals surface area contributed by atoms with Crippen LogP contribution in [0.2, 0.25) is 0 Å². The number of rotatable bonds is 3. The number of nitrogens with zero attached hydrogens (tertiary/aromatic N) is 1. The summed E-state index contributed by atoms with van der Waals surface area (Å²) >= 11 is 0. The molecule has 0 amide bonds. The van der Waals surface area contributed by atoms with E-state index in [0.29, 0.717) is 0 Å². The van der Waals surface area contributed by atoms with Crippen LogP contribution in [-0.4, -0.2) is 4.57 Å². The third-order valence-electron chi connectivity index (χ3n) is 9.57. The molecule has 0 bridgehead atoms. The summed E-state index contributed by atoms with van der Waals surface area (Å²) in [5.74, 6) is 1.83. The predicted molar refractivity (Wildman–Crippen MR) is 192 cm³/mol. The third-order valence-corrected chi connectivity index (χ3v) is 9.57. The van der Waals surface area contributed by atoms with Crippen molar-refractivity contribution in [1.82, 2.24) is 4.57 Å². The van der Waals surface area contributed by atoms with Gasteiger partial charge in [0.05, 0.1) is 11.0 Å². The van der Waals surface area contributed by atoms with Gasteiger partial charge in [-0.1, -0.05) is 121 Å². The molecule has 0 saturated carbocycles. The quantitative estimate of drug-likeness (QED) is 0.201. The Morgan fingerprint density at radius 3 is 2.11 bits per heavy atom. The van der Waals surface area contributed by atoms with Gasteiger partial charge in [-0.25, -0.2) is 0 Å². The normalized spacial score (nSPS) is 12.1. The Labute approximate surface area is 266 Å². The summed E-state index contributed by atoms with van der Waals surface area (Å²) in [7, 11) is 0. The maximum Gasteiger partial charge on any atom is 0.135 e. The zero-order valence-electron chi connectivity index (χ0n) is 24.9. The van der Waals surface area contributed by atoms with Crippen LogP contribution in [0.3, 0.4) is 0 Å². The molecule has 0 saturated heterocycles. The summed E-state index contributed by atoms with van der Waals surface area (Å²) in [5, 5.41) is 7.40. The van der Waals surface area contributed by atoms with Gasteiger partial charge >= 0.3 is 0 Å². The van der Waals surface area contributed by atoms with Crippen molar-refractivity contribution in [3.63, 3.8) is 0 Å². The van der Waals surface area contributed by atoms with Gasteiger partial charge in [-0.15, -0.1) is 0 Å². The molecule has 0 aliphatic carbocycles. The smallest absolute Gasteiger partial charge is 0.135 e. The van der Waals surface area contributed by atoms with Crippen LogP contribution in [0.15, 0.2) is 164 Å². The van der Waals surface area contributed by atoms with E-state index in [0.717, 1.165) is 17.1 Å². The Bertz CT molecular complexity index is 2660. The first-order valence-electron chi connectivity index (χ1n) is 15.8. The molecule has 214 valence electrons. The van der Waals surface area contributed by atoms with Gasteiger partial charge in [0.2, 0.25) is 0 Å². The molecule has 2 nitrogen and oxygen atoms in total. The topological polar surface area (TPSA) is 14.2 Å². The Kier molecular flexibility index (Phi) is 5.31. The summed E-state index contributed by atoms with van der Waals surface area (Å²) in [5.41, 5.74) is 10.8. The Balaban J connectivity index is 1.16. The predicted octanol–water partition coefficient (Wildman–Crippen LogP) is 12.2. The molecule has 10 rings (SSSR count). The van der Waals surface area contributed by atoms with E-state index in [2.05, 4.69) is 156 Å². The van der Waals surface area contributed by atoms with E-state index >= 15 is 0 Å². The molecule has 1 aliphatic heterocycles. The van der Waals surface area contributed by atoms with Gasteiger partial charge in [0.25, 0.3) is 0 Å². The molecule has 2 heterocycles. The second kappa shape index (κ2) is 9.69. The molecule has 0 unspecified atom stereocenters. The van der Waals surface area contributed by atoms with Crippen LogP contribution < -0.4 is 4.74 Å². The molecule has 1 aliphatic rings. The maximum absolute atomic E-state index is 6.37. The van der Waals surface area contributed by atoms with Crippen molar-refractivity contribution in [2.24, 2.45) is 0 Å². The maximum atomic E-state index is 6.37. The van der Waals surface area contributed by atoms with E-state index < -0.39 is 0 Å². The first-order valence-corrected chi connectivity index (χ1v) is 15.8. The minimum atomic E-state index is 0.911. The molecular formula is C44H27NO. The number of benzene rings is 8. The lowest BCUT2D eigenvalue weighted by molar-refractivity contribution is 0.487. The lowest BCUT2D eigenvalue weighted by atomic mass is 9.89. The number of fused-ring (bicyclic) bond motifs is 7. The fraction of sp³-hybridized carbons (Fsp3) is 0. The summed E-state index contributed by atoms with van der Waals surface area (Å²) in [6.07, 6.45) is 0. The van der Waals surface area contributed by atoms with Crippen LogP contribution in [0.25, 0.3) is 82.4 Å². The van der Waals surface area contributed by atoms with Crippen molar-refractivity contribution < 1.29 is 4.74 Å². The number of hydrogen-bond donors (Lipinski definition) is 0. The lowest BCUT2D eigenvalue weighted by Gasteiger charge is -2.22. The van der Waals surface area contributed by atoms with Gasteiger partial charge in [-0.3, -0.25) is 0 Å². The molecule has 46 heavy (non-hydrogen) atoms. The van der Waals surface area contributed by atoms with E-state index in [-0.39, 0.29) is 0 Å². The SMILES string of the molecule is c1ccc(-n2c3ccc(-c4cccc(-c5ccc6c7c(cccc57)-c5ccccc5O6)c4)cc3c3ccc4ccccc4c32)cc1. The molecule has 8 aromatic carbocycles. The van der Waals surface area contributed by atoms with Crippen LogP contribution in [0, 0.1) is 0 Å². The molecule has 0 radical (unpaired) electrons. The van der Waals surface area contributed by atoms with Crippen molar-refractivity contribution >= 4 is 43.4 Å². The van der Waals surface area contributed by atoms with Crippen LogP contribution >= 0.6 is 0 Å². The van der Waals surface area contributed by atoms with Gasteiger partial charge < -0.3 is 9.30 Å². The molecule has 0 spiro atoms. The van der Waals surface area contributed by atoms with E-state index in [9.17, 15) is 0 Å². The minimum absolute atomic E-state index is 0.911. The van der Waals surface area contributed by atoms with Crippen LogP contribution in [-0.2, 0) is 0 Å². The highest BCUT2D eigenvalue weighted by atomic mass is 16.5. The van der Waals surface area contributed by atoms with Crippen molar-refractivity contribution in [1.29, 1.82) is 0 Å². The average Bonchev–Trinajstić information content (AvgIpc) is 3.46. The summed E-state index contributed by atoms with van der Waals surface area (Å²) < 4.78 is 8.79. The van der Waals surface area contributed by atoms with Gasteiger partial charge in [-0.05, 0) is 81.1 Å². The van der Waals surface area contributed by atoms with E-state index in [4.69, 9.17) is 4.74 Å². The fourth-order valence-electron chi connectivity index (χ4n) is 7.50. The number of para-hydroxylation sites is 2. The van der Waals surface area contributed by atoms with Crippen LogP contribution in [0.1, 0.15) is 0 Å². The largest absolute Gasteiger partial charge is 0.456 e.